The summed E-state index contributed by atoms with van der Waals surface area (Å²) in [5, 5.41) is 8.90. The fourth-order valence-electron chi connectivity index (χ4n) is 2.29. The van der Waals surface area contributed by atoms with Crippen LogP contribution in [0.25, 0.3) is 0 Å². The molecule has 1 rings (SSSR count). The van der Waals surface area contributed by atoms with Crippen LogP contribution in [-0.2, 0) is 4.79 Å². The summed E-state index contributed by atoms with van der Waals surface area (Å²) in [6.07, 6.45) is 4.96. The van der Waals surface area contributed by atoms with Gasteiger partial charge in [-0.1, -0.05) is 26.2 Å². The fraction of sp³-hybridized carbons (Fsp3) is 0.588. The van der Waals surface area contributed by atoms with Crippen molar-refractivity contribution in [1.29, 1.82) is 0 Å². The molecule has 0 bridgehead atoms. The van der Waals surface area contributed by atoms with Gasteiger partial charge in [0.1, 0.15) is 0 Å². The van der Waals surface area contributed by atoms with Crippen LogP contribution in [0.3, 0.4) is 0 Å². The lowest BCUT2D eigenvalue weighted by Gasteiger charge is -2.25. The number of carboxylic acid groups (broad SMARTS) is 1. The Morgan fingerprint density at radius 2 is 1.62 bits per heavy atom. The molecule has 0 heterocycles. The SMILES string of the molecule is CCCCCCN(CCC(=O)O)c1ccc(N(C)C)cc1. The summed E-state index contributed by atoms with van der Waals surface area (Å²) in [7, 11) is 4.03. The minimum Gasteiger partial charge on any atom is -0.481 e. The number of nitrogens with zero attached hydrogens (tertiary/aromatic N) is 2. The molecule has 0 amide bonds. The third-order valence-electron chi connectivity index (χ3n) is 3.61. The summed E-state index contributed by atoms with van der Waals surface area (Å²) in [6, 6.07) is 8.32. The molecule has 0 unspecified atom stereocenters. The van der Waals surface area contributed by atoms with Crippen LogP contribution in [0.5, 0.6) is 0 Å². The van der Waals surface area contributed by atoms with Crippen LogP contribution >= 0.6 is 0 Å². The second kappa shape index (κ2) is 9.27. The molecule has 0 atom stereocenters. The first-order valence-corrected chi connectivity index (χ1v) is 7.78. The Morgan fingerprint density at radius 3 is 2.14 bits per heavy atom. The smallest absolute Gasteiger partial charge is 0.305 e. The molecule has 0 aliphatic rings. The van der Waals surface area contributed by atoms with E-state index in [0.717, 1.165) is 24.3 Å². The summed E-state index contributed by atoms with van der Waals surface area (Å²) in [4.78, 5) is 15.1. The zero-order valence-electron chi connectivity index (χ0n) is 13.5. The number of aliphatic carboxylic acids is 1. The van der Waals surface area contributed by atoms with E-state index in [2.05, 4.69) is 41.0 Å². The van der Waals surface area contributed by atoms with E-state index in [0.29, 0.717) is 6.54 Å². The van der Waals surface area contributed by atoms with Crippen LogP contribution in [0.15, 0.2) is 24.3 Å². The molecule has 1 aromatic carbocycles. The van der Waals surface area contributed by atoms with Crippen LogP contribution < -0.4 is 9.80 Å². The highest BCUT2D eigenvalue weighted by Crippen LogP contribution is 2.20. The first kappa shape index (κ1) is 17.3. The Balaban J connectivity index is 2.66. The predicted molar refractivity (Wildman–Crippen MR) is 89.4 cm³/mol. The van der Waals surface area contributed by atoms with Gasteiger partial charge < -0.3 is 14.9 Å². The van der Waals surface area contributed by atoms with Crippen molar-refractivity contribution in [2.75, 3.05) is 37.0 Å². The third kappa shape index (κ3) is 6.52. The third-order valence-corrected chi connectivity index (χ3v) is 3.61. The highest BCUT2D eigenvalue weighted by molar-refractivity contribution is 5.68. The molecule has 1 N–H and O–H groups in total. The summed E-state index contributed by atoms with van der Waals surface area (Å²) >= 11 is 0. The average Bonchev–Trinajstić information content (AvgIpc) is 2.46. The van der Waals surface area contributed by atoms with Crippen molar-refractivity contribution in [3.8, 4) is 0 Å². The molecule has 4 heteroatoms. The second-order valence-electron chi connectivity index (χ2n) is 5.60. The van der Waals surface area contributed by atoms with E-state index in [1.807, 2.05) is 14.1 Å². The quantitative estimate of drug-likeness (QED) is 0.669. The van der Waals surface area contributed by atoms with Crippen LogP contribution in [0.4, 0.5) is 11.4 Å². The largest absolute Gasteiger partial charge is 0.481 e. The summed E-state index contributed by atoms with van der Waals surface area (Å²) < 4.78 is 0. The van der Waals surface area contributed by atoms with Gasteiger partial charge in [-0.05, 0) is 30.7 Å². The molecule has 0 aliphatic carbocycles. The predicted octanol–water partition coefficient (Wildman–Crippen LogP) is 3.61. The maximum Gasteiger partial charge on any atom is 0.305 e. The van der Waals surface area contributed by atoms with Crippen molar-refractivity contribution in [3.05, 3.63) is 24.3 Å². The molecular weight excluding hydrogens is 264 g/mol. The maximum atomic E-state index is 10.8. The zero-order valence-corrected chi connectivity index (χ0v) is 13.5. The number of carbonyl (C=O) groups is 1. The minimum absolute atomic E-state index is 0.184. The van der Waals surface area contributed by atoms with E-state index < -0.39 is 5.97 Å². The highest BCUT2D eigenvalue weighted by Gasteiger charge is 2.09. The molecule has 21 heavy (non-hydrogen) atoms. The molecule has 0 spiro atoms. The van der Waals surface area contributed by atoms with Crippen LogP contribution in [0.1, 0.15) is 39.0 Å². The van der Waals surface area contributed by atoms with Gasteiger partial charge in [0.25, 0.3) is 0 Å². The Labute approximate surface area is 128 Å². The van der Waals surface area contributed by atoms with Crippen molar-refractivity contribution in [2.45, 2.75) is 39.0 Å². The number of anilines is 2. The second-order valence-corrected chi connectivity index (χ2v) is 5.60. The van der Waals surface area contributed by atoms with E-state index in [1.54, 1.807) is 0 Å². The van der Waals surface area contributed by atoms with Crippen LogP contribution in [-0.4, -0.2) is 38.3 Å². The summed E-state index contributed by atoms with van der Waals surface area (Å²) in [6.45, 7) is 3.69. The van der Waals surface area contributed by atoms with E-state index in [1.165, 1.54) is 19.3 Å². The van der Waals surface area contributed by atoms with E-state index in [9.17, 15) is 4.79 Å². The van der Waals surface area contributed by atoms with Crippen molar-refractivity contribution in [1.82, 2.24) is 0 Å². The molecule has 0 aromatic heterocycles. The van der Waals surface area contributed by atoms with Gasteiger partial charge in [-0.3, -0.25) is 4.79 Å². The van der Waals surface area contributed by atoms with Gasteiger partial charge in [0.15, 0.2) is 0 Å². The maximum absolute atomic E-state index is 10.8. The van der Waals surface area contributed by atoms with E-state index in [4.69, 9.17) is 5.11 Å². The van der Waals surface area contributed by atoms with Gasteiger partial charge in [0.05, 0.1) is 6.42 Å². The number of hydrogen-bond acceptors (Lipinski definition) is 3. The Bertz CT molecular complexity index is 415. The van der Waals surface area contributed by atoms with E-state index in [-0.39, 0.29) is 6.42 Å². The molecule has 118 valence electrons. The van der Waals surface area contributed by atoms with Gasteiger partial charge in [-0.2, -0.15) is 0 Å². The standard InChI is InChI=1S/C17H28N2O2/c1-4-5-6-7-13-19(14-12-17(20)21)16-10-8-15(9-11-16)18(2)3/h8-11H,4-7,12-14H2,1-3H3,(H,20,21). The van der Waals surface area contributed by atoms with Crippen molar-refractivity contribution in [2.24, 2.45) is 0 Å². The number of unbranched alkanes of at least 4 members (excludes halogenated alkanes) is 3. The summed E-state index contributed by atoms with van der Waals surface area (Å²) in [5.41, 5.74) is 2.27. The molecule has 0 saturated carbocycles. The van der Waals surface area contributed by atoms with Gasteiger partial charge in [-0.15, -0.1) is 0 Å². The monoisotopic (exact) mass is 292 g/mol. The molecule has 0 radical (unpaired) electrons. The lowest BCUT2D eigenvalue weighted by atomic mass is 10.1. The zero-order chi connectivity index (χ0) is 15.7. The normalized spacial score (nSPS) is 10.4. The molecule has 0 saturated heterocycles. The fourth-order valence-corrected chi connectivity index (χ4v) is 2.29. The lowest BCUT2D eigenvalue weighted by molar-refractivity contribution is -0.136. The van der Waals surface area contributed by atoms with Gasteiger partial charge in [0, 0.05) is 38.6 Å². The number of hydrogen-bond donors (Lipinski definition) is 1. The highest BCUT2D eigenvalue weighted by atomic mass is 16.4. The Hall–Kier alpha value is -1.71. The molecule has 0 fully saturated rings. The number of benzene rings is 1. The van der Waals surface area contributed by atoms with Gasteiger partial charge in [-0.25, -0.2) is 0 Å². The van der Waals surface area contributed by atoms with E-state index >= 15 is 0 Å². The first-order chi connectivity index (χ1) is 10.0. The molecule has 4 nitrogen and oxygen atoms in total. The first-order valence-electron chi connectivity index (χ1n) is 7.78. The molecule has 1 aromatic rings. The summed E-state index contributed by atoms with van der Waals surface area (Å²) in [5.74, 6) is -0.738. The number of rotatable bonds is 10. The van der Waals surface area contributed by atoms with Crippen molar-refractivity contribution >= 4 is 17.3 Å². The molecular formula is C17H28N2O2. The van der Waals surface area contributed by atoms with Gasteiger partial charge in [0.2, 0.25) is 0 Å². The Kier molecular flexibility index (Phi) is 7.65. The van der Waals surface area contributed by atoms with Gasteiger partial charge >= 0.3 is 5.97 Å². The lowest BCUT2D eigenvalue weighted by Crippen LogP contribution is -2.27. The van der Waals surface area contributed by atoms with Crippen LogP contribution in [0.2, 0.25) is 0 Å². The number of carboxylic acids is 1. The topological polar surface area (TPSA) is 43.8 Å². The van der Waals surface area contributed by atoms with Crippen LogP contribution in [0, 0.1) is 0 Å². The minimum atomic E-state index is -0.738. The van der Waals surface area contributed by atoms with Crippen molar-refractivity contribution < 1.29 is 9.90 Å². The molecule has 0 aliphatic heterocycles. The van der Waals surface area contributed by atoms with Crippen molar-refractivity contribution in [3.63, 3.8) is 0 Å². The average molecular weight is 292 g/mol. The Morgan fingerprint density at radius 1 is 1.00 bits per heavy atom.